The molecule has 0 aliphatic carbocycles. The third-order valence-corrected chi connectivity index (χ3v) is 4.00. The Balaban J connectivity index is 2.12. The highest BCUT2D eigenvalue weighted by atomic mass is 35.5. The second kappa shape index (κ2) is 5.17. The molecule has 1 unspecified atom stereocenters. The van der Waals surface area contributed by atoms with Gasteiger partial charge in [0.05, 0.1) is 6.20 Å². The number of halogens is 1. The van der Waals surface area contributed by atoms with Gasteiger partial charge in [-0.15, -0.1) is 11.3 Å². The van der Waals surface area contributed by atoms with Crippen LogP contribution in [-0.2, 0) is 6.42 Å². The Morgan fingerprint density at radius 1 is 1.35 bits per heavy atom. The van der Waals surface area contributed by atoms with Crippen LogP contribution in [0.5, 0.6) is 0 Å². The maximum atomic E-state index is 10.0. The first-order chi connectivity index (χ1) is 8.06. The van der Waals surface area contributed by atoms with Crippen molar-refractivity contribution in [2.24, 2.45) is 0 Å². The number of aliphatic hydroxyl groups is 1. The van der Waals surface area contributed by atoms with Crippen molar-refractivity contribution >= 4 is 22.9 Å². The van der Waals surface area contributed by atoms with E-state index in [1.54, 1.807) is 6.20 Å². The van der Waals surface area contributed by atoms with E-state index in [0.717, 1.165) is 5.56 Å². The highest BCUT2D eigenvalue weighted by Crippen LogP contribution is 2.26. The summed E-state index contributed by atoms with van der Waals surface area (Å²) in [4.78, 5) is 4.09. The predicted octanol–water partition coefficient (Wildman–Crippen LogP) is 3.69. The molecular formula is C13H14ClNOS. The van der Waals surface area contributed by atoms with Crippen molar-refractivity contribution in [3.05, 3.63) is 50.4 Å². The number of nitrogens with zero attached hydrogens (tertiary/aromatic N) is 1. The number of aliphatic hydroxyl groups excluding tert-OH is 1. The van der Waals surface area contributed by atoms with Gasteiger partial charge in [0.1, 0.15) is 15.4 Å². The van der Waals surface area contributed by atoms with E-state index in [-0.39, 0.29) is 0 Å². The molecule has 17 heavy (non-hydrogen) atoms. The highest BCUT2D eigenvalue weighted by Gasteiger charge is 2.13. The van der Waals surface area contributed by atoms with E-state index < -0.39 is 6.10 Å². The molecule has 0 saturated heterocycles. The number of benzene rings is 1. The fraction of sp³-hybridized carbons (Fsp3) is 0.308. The summed E-state index contributed by atoms with van der Waals surface area (Å²) in [7, 11) is 0. The van der Waals surface area contributed by atoms with Crippen LogP contribution in [0.4, 0.5) is 0 Å². The van der Waals surface area contributed by atoms with Gasteiger partial charge in [0.25, 0.3) is 0 Å². The molecule has 1 aromatic carbocycles. The second-order valence-corrected chi connectivity index (χ2v) is 5.83. The van der Waals surface area contributed by atoms with E-state index >= 15 is 0 Å². The van der Waals surface area contributed by atoms with Gasteiger partial charge in [-0.3, -0.25) is 0 Å². The minimum absolute atomic E-state index is 0.574. The molecule has 0 saturated carbocycles. The van der Waals surface area contributed by atoms with Crippen LogP contribution in [0.15, 0.2) is 24.4 Å². The van der Waals surface area contributed by atoms with Crippen molar-refractivity contribution < 1.29 is 5.11 Å². The maximum absolute atomic E-state index is 10.0. The molecule has 1 aromatic heterocycles. The third-order valence-electron chi connectivity index (χ3n) is 2.78. The topological polar surface area (TPSA) is 33.1 Å². The average molecular weight is 268 g/mol. The summed E-state index contributed by atoms with van der Waals surface area (Å²) < 4.78 is 0.610. The average Bonchev–Trinajstić information content (AvgIpc) is 2.70. The van der Waals surface area contributed by atoms with Crippen molar-refractivity contribution in [1.29, 1.82) is 0 Å². The summed E-state index contributed by atoms with van der Waals surface area (Å²) in [5, 5.41) is 10.7. The van der Waals surface area contributed by atoms with Crippen molar-refractivity contribution in [1.82, 2.24) is 4.98 Å². The minimum Gasteiger partial charge on any atom is -0.386 e. The molecule has 0 radical (unpaired) electrons. The van der Waals surface area contributed by atoms with E-state index in [0.29, 0.717) is 15.8 Å². The van der Waals surface area contributed by atoms with Crippen molar-refractivity contribution in [2.75, 3.05) is 0 Å². The van der Waals surface area contributed by atoms with Gasteiger partial charge in [-0.1, -0.05) is 29.8 Å². The van der Waals surface area contributed by atoms with Gasteiger partial charge in [-0.05, 0) is 30.5 Å². The Labute approximate surface area is 110 Å². The number of hydrogen-bond donors (Lipinski definition) is 1. The Morgan fingerprint density at radius 3 is 2.71 bits per heavy atom. The molecule has 2 nitrogen and oxygen atoms in total. The quantitative estimate of drug-likeness (QED) is 0.920. The lowest BCUT2D eigenvalue weighted by Gasteiger charge is -2.09. The van der Waals surface area contributed by atoms with E-state index in [9.17, 15) is 5.11 Å². The molecule has 90 valence electrons. The first kappa shape index (κ1) is 12.6. The van der Waals surface area contributed by atoms with Crippen molar-refractivity contribution in [2.45, 2.75) is 26.4 Å². The normalized spacial score (nSPS) is 12.7. The summed E-state index contributed by atoms with van der Waals surface area (Å²) in [5.74, 6) is 0. The van der Waals surface area contributed by atoms with Gasteiger partial charge in [0.2, 0.25) is 0 Å². The van der Waals surface area contributed by atoms with Gasteiger partial charge in [0, 0.05) is 6.42 Å². The second-order valence-electron chi connectivity index (χ2n) is 4.14. The fourth-order valence-corrected chi connectivity index (χ4v) is 2.58. The molecule has 1 atom stereocenters. The Morgan fingerprint density at radius 2 is 2.12 bits per heavy atom. The largest absolute Gasteiger partial charge is 0.386 e. The van der Waals surface area contributed by atoms with Crippen LogP contribution in [0, 0.1) is 13.8 Å². The molecule has 0 spiro atoms. The number of aryl methyl sites for hydroxylation is 2. The number of hydrogen-bond acceptors (Lipinski definition) is 3. The van der Waals surface area contributed by atoms with Crippen molar-refractivity contribution in [3.63, 3.8) is 0 Å². The van der Waals surface area contributed by atoms with Gasteiger partial charge in [-0.2, -0.15) is 0 Å². The minimum atomic E-state index is -0.574. The van der Waals surface area contributed by atoms with E-state index in [1.165, 1.54) is 22.5 Å². The first-order valence-corrected chi connectivity index (χ1v) is 6.61. The molecule has 1 N–H and O–H groups in total. The van der Waals surface area contributed by atoms with Gasteiger partial charge in [0.15, 0.2) is 0 Å². The molecule has 2 aromatic rings. The molecule has 4 heteroatoms. The molecule has 0 aliphatic heterocycles. The standard InChI is InChI=1S/C13H14ClNOS/c1-8-3-4-10(5-9(8)2)6-11(16)13-15-7-12(14)17-13/h3-5,7,11,16H,6H2,1-2H3. The molecule has 1 heterocycles. The zero-order valence-electron chi connectivity index (χ0n) is 9.77. The number of aromatic nitrogens is 1. The number of thiazole rings is 1. The third kappa shape index (κ3) is 3.06. The molecular weight excluding hydrogens is 254 g/mol. The fourth-order valence-electron chi connectivity index (χ4n) is 1.66. The van der Waals surface area contributed by atoms with Gasteiger partial charge in [-0.25, -0.2) is 4.98 Å². The lowest BCUT2D eigenvalue weighted by molar-refractivity contribution is 0.178. The first-order valence-electron chi connectivity index (χ1n) is 5.41. The van der Waals surface area contributed by atoms with Crippen LogP contribution in [0.2, 0.25) is 4.34 Å². The van der Waals surface area contributed by atoms with E-state index in [1.807, 2.05) is 6.07 Å². The van der Waals surface area contributed by atoms with Crippen LogP contribution < -0.4 is 0 Å². The van der Waals surface area contributed by atoms with Crippen LogP contribution in [0.3, 0.4) is 0 Å². The summed E-state index contributed by atoms with van der Waals surface area (Å²) in [5.41, 5.74) is 3.62. The number of rotatable bonds is 3. The highest BCUT2D eigenvalue weighted by molar-refractivity contribution is 7.15. The van der Waals surface area contributed by atoms with Crippen LogP contribution in [0.25, 0.3) is 0 Å². The van der Waals surface area contributed by atoms with Gasteiger partial charge < -0.3 is 5.11 Å². The molecule has 2 rings (SSSR count). The predicted molar refractivity (Wildman–Crippen MR) is 71.7 cm³/mol. The van der Waals surface area contributed by atoms with Crippen LogP contribution >= 0.6 is 22.9 Å². The maximum Gasteiger partial charge on any atom is 0.123 e. The smallest absolute Gasteiger partial charge is 0.123 e. The van der Waals surface area contributed by atoms with Crippen molar-refractivity contribution in [3.8, 4) is 0 Å². The monoisotopic (exact) mass is 267 g/mol. The van der Waals surface area contributed by atoms with Gasteiger partial charge >= 0.3 is 0 Å². The van der Waals surface area contributed by atoms with E-state index in [4.69, 9.17) is 11.6 Å². The lowest BCUT2D eigenvalue weighted by atomic mass is 10.0. The zero-order chi connectivity index (χ0) is 12.4. The summed E-state index contributed by atoms with van der Waals surface area (Å²) in [6.45, 7) is 4.15. The molecule has 0 fully saturated rings. The van der Waals surface area contributed by atoms with E-state index in [2.05, 4.69) is 31.0 Å². The zero-order valence-corrected chi connectivity index (χ0v) is 11.3. The summed E-state index contributed by atoms with van der Waals surface area (Å²) in [6.07, 6.45) is 1.57. The summed E-state index contributed by atoms with van der Waals surface area (Å²) in [6, 6.07) is 6.22. The SMILES string of the molecule is Cc1ccc(CC(O)c2ncc(Cl)s2)cc1C. The Bertz CT molecular complexity index is 524. The summed E-state index contributed by atoms with van der Waals surface area (Å²) >= 11 is 7.13. The lowest BCUT2D eigenvalue weighted by Crippen LogP contribution is -2.01. The molecule has 0 amide bonds. The molecule has 0 bridgehead atoms. The Hall–Kier alpha value is -0.900. The molecule has 0 aliphatic rings. The van der Waals surface area contributed by atoms with Crippen LogP contribution in [-0.4, -0.2) is 10.1 Å². The Kier molecular flexibility index (Phi) is 3.82. The van der Waals surface area contributed by atoms with Crippen LogP contribution in [0.1, 0.15) is 27.8 Å².